The van der Waals surface area contributed by atoms with Crippen molar-refractivity contribution in [3.05, 3.63) is 12.4 Å². The second kappa shape index (κ2) is 3.31. The SMILES string of the molecule is CC(O)CCn1nccn1. The summed E-state index contributed by atoms with van der Waals surface area (Å²) in [6, 6.07) is 0. The molecule has 0 spiro atoms. The fraction of sp³-hybridized carbons (Fsp3) is 0.667. The van der Waals surface area contributed by atoms with Gasteiger partial charge in [-0.3, -0.25) is 0 Å². The minimum absolute atomic E-state index is 0.272. The van der Waals surface area contributed by atoms with Crippen LogP contribution in [-0.2, 0) is 6.54 Å². The third-order valence-corrected chi connectivity index (χ3v) is 1.21. The lowest BCUT2D eigenvalue weighted by molar-refractivity contribution is 0.174. The normalized spacial score (nSPS) is 13.4. The number of nitrogens with zero attached hydrogens (tertiary/aromatic N) is 3. The maximum absolute atomic E-state index is 8.88. The second-order valence-electron chi connectivity index (χ2n) is 2.26. The summed E-state index contributed by atoms with van der Waals surface area (Å²) in [4.78, 5) is 1.56. The second-order valence-corrected chi connectivity index (χ2v) is 2.26. The molecule has 0 bridgehead atoms. The Labute approximate surface area is 59.5 Å². The van der Waals surface area contributed by atoms with Crippen LogP contribution in [0.5, 0.6) is 0 Å². The Kier molecular flexibility index (Phi) is 2.39. The molecule has 4 nitrogen and oxygen atoms in total. The standard InChI is InChI=1S/C6H11N3O/c1-6(10)2-5-9-7-3-4-8-9/h3-4,6,10H,2,5H2,1H3. The lowest BCUT2D eigenvalue weighted by Gasteiger charge is -2.01. The molecule has 1 N–H and O–H groups in total. The highest BCUT2D eigenvalue weighted by Gasteiger charge is 1.96. The van der Waals surface area contributed by atoms with Crippen molar-refractivity contribution in [2.45, 2.75) is 26.0 Å². The van der Waals surface area contributed by atoms with Gasteiger partial charge in [-0.2, -0.15) is 15.0 Å². The number of rotatable bonds is 3. The zero-order valence-corrected chi connectivity index (χ0v) is 5.94. The minimum atomic E-state index is -0.272. The molecule has 1 rings (SSSR count). The van der Waals surface area contributed by atoms with E-state index in [1.54, 1.807) is 24.1 Å². The molecule has 0 saturated heterocycles. The Balaban J connectivity index is 2.28. The van der Waals surface area contributed by atoms with Crippen LogP contribution in [0.25, 0.3) is 0 Å². The fourth-order valence-corrected chi connectivity index (χ4v) is 0.661. The molecule has 0 aromatic carbocycles. The molecule has 1 aromatic heterocycles. The van der Waals surface area contributed by atoms with E-state index in [2.05, 4.69) is 10.2 Å². The molecule has 0 aliphatic heterocycles. The van der Waals surface area contributed by atoms with Gasteiger partial charge < -0.3 is 5.11 Å². The van der Waals surface area contributed by atoms with E-state index in [1.807, 2.05) is 0 Å². The lowest BCUT2D eigenvalue weighted by atomic mass is 10.3. The first kappa shape index (κ1) is 7.21. The van der Waals surface area contributed by atoms with Gasteiger partial charge in [-0.15, -0.1) is 0 Å². The van der Waals surface area contributed by atoms with Crippen LogP contribution in [0.3, 0.4) is 0 Å². The van der Waals surface area contributed by atoms with E-state index in [4.69, 9.17) is 5.11 Å². The van der Waals surface area contributed by atoms with Gasteiger partial charge in [-0.25, -0.2) is 0 Å². The Hall–Kier alpha value is -0.900. The molecular weight excluding hydrogens is 130 g/mol. The lowest BCUT2D eigenvalue weighted by Crippen LogP contribution is -2.08. The fourth-order valence-electron chi connectivity index (χ4n) is 0.661. The molecule has 0 radical (unpaired) electrons. The summed E-state index contributed by atoms with van der Waals surface area (Å²) in [5.74, 6) is 0. The molecule has 1 unspecified atom stereocenters. The number of aliphatic hydroxyl groups is 1. The Morgan fingerprint density at radius 1 is 1.50 bits per heavy atom. The molecule has 56 valence electrons. The van der Waals surface area contributed by atoms with Crippen LogP contribution in [0.4, 0.5) is 0 Å². The van der Waals surface area contributed by atoms with Crippen LogP contribution in [0, 0.1) is 0 Å². The zero-order chi connectivity index (χ0) is 7.40. The number of hydrogen-bond donors (Lipinski definition) is 1. The highest BCUT2D eigenvalue weighted by molar-refractivity contribution is 4.60. The Morgan fingerprint density at radius 3 is 2.60 bits per heavy atom. The third kappa shape index (κ3) is 2.14. The van der Waals surface area contributed by atoms with E-state index in [1.165, 1.54) is 0 Å². The van der Waals surface area contributed by atoms with Crippen LogP contribution in [0.2, 0.25) is 0 Å². The average molecular weight is 141 g/mol. The molecule has 0 saturated carbocycles. The summed E-state index contributed by atoms with van der Waals surface area (Å²) in [5.41, 5.74) is 0. The van der Waals surface area contributed by atoms with Crippen molar-refractivity contribution in [3.8, 4) is 0 Å². The van der Waals surface area contributed by atoms with Gasteiger partial charge in [0.2, 0.25) is 0 Å². The molecule has 10 heavy (non-hydrogen) atoms. The highest BCUT2D eigenvalue weighted by atomic mass is 16.3. The van der Waals surface area contributed by atoms with Gasteiger partial charge in [0.1, 0.15) is 0 Å². The van der Waals surface area contributed by atoms with Gasteiger partial charge in [0, 0.05) is 0 Å². The van der Waals surface area contributed by atoms with E-state index < -0.39 is 0 Å². The summed E-state index contributed by atoms with van der Waals surface area (Å²) in [5, 5.41) is 16.6. The van der Waals surface area contributed by atoms with E-state index in [0.29, 0.717) is 13.0 Å². The van der Waals surface area contributed by atoms with Gasteiger partial charge >= 0.3 is 0 Å². The predicted octanol–water partition coefficient (Wildman–Crippen LogP) is 0.0490. The molecule has 1 atom stereocenters. The first-order chi connectivity index (χ1) is 4.79. The monoisotopic (exact) mass is 141 g/mol. The first-order valence-corrected chi connectivity index (χ1v) is 3.31. The highest BCUT2D eigenvalue weighted by Crippen LogP contribution is 1.91. The van der Waals surface area contributed by atoms with Crippen molar-refractivity contribution in [2.24, 2.45) is 0 Å². The maximum Gasteiger partial charge on any atom is 0.0693 e. The van der Waals surface area contributed by atoms with E-state index in [9.17, 15) is 0 Å². The van der Waals surface area contributed by atoms with E-state index in [-0.39, 0.29) is 6.10 Å². The van der Waals surface area contributed by atoms with Crippen LogP contribution < -0.4 is 0 Å². The van der Waals surface area contributed by atoms with Gasteiger partial charge in [0.25, 0.3) is 0 Å². The largest absolute Gasteiger partial charge is 0.393 e. The molecule has 0 fully saturated rings. The molecular formula is C6H11N3O. The number of aliphatic hydroxyl groups excluding tert-OH is 1. The van der Waals surface area contributed by atoms with Gasteiger partial charge in [-0.05, 0) is 13.3 Å². The van der Waals surface area contributed by atoms with Crippen molar-refractivity contribution in [1.82, 2.24) is 15.0 Å². The molecule has 0 aliphatic rings. The van der Waals surface area contributed by atoms with Gasteiger partial charge in [0.15, 0.2) is 0 Å². The maximum atomic E-state index is 8.88. The minimum Gasteiger partial charge on any atom is -0.393 e. The number of aromatic nitrogens is 3. The Morgan fingerprint density at radius 2 is 2.10 bits per heavy atom. The molecule has 0 aliphatic carbocycles. The number of hydrogen-bond acceptors (Lipinski definition) is 3. The van der Waals surface area contributed by atoms with E-state index >= 15 is 0 Å². The smallest absolute Gasteiger partial charge is 0.0693 e. The van der Waals surface area contributed by atoms with Crippen molar-refractivity contribution in [2.75, 3.05) is 0 Å². The van der Waals surface area contributed by atoms with Crippen molar-refractivity contribution < 1.29 is 5.11 Å². The van der Waals surface area contributed by atoms with Crippen LogP contribution in [0.1, 0.15) is 13.3 Å². The molecule has 0 amide bonds. The summed E-state index contributed by atoms with van der Waals surface area (Å²) >= 11 is 0. The molecule has 1 heterocycles. The van der Waals surface area contributed by atoms with Crippen LogP contribution >= 0.6 is 0 Å². The number of aryl methyl sites for hydroxylation is 1. The van der Waals surface area contributed by atoms with Gasteiger partial charge in [0.05, 0.1) is 25.0 Å². The average Bonchev–Trinajstić information content (AvgIpc) is 2.34. The summed E-state index contributed by atoms with van der Waals surface area (Å²) in [6.45, 7) is 2.44. The van der Waals surface area contributed by atoms with Crippen LogP contribution in [-0.4, -0.2) is 26.2 Å². The van der Waals surface area contributed by atoms with E-state index in [0.717, 1.165) is 0 Å². The van der Waals surface area contributed by atoms with Crippen molar-refractivity contribution in [1.29, 1.82) is 0 Å². The van der Waals surface area contributed by atoms with Crippen LogP contribution in [0.15, 0.2) is 12.4 Å². The quantitative estimate of drug-likeness (QED) is 0.647. The first-order valence-electron chi connectivity index (χ1n) is 3.31. The zero-order valence-electron chi connectivity index (χ0n) is 5.94. The molecule has 4 heteroatoms. The van der Waals surface area contributed by atoms with Crippen molar-refractivity contribution in [3.63, 3.8) is 0 Å². The third-order valence-electron chi connectivity index (χ3n) is 1.21. The Bertz CT molecular complexity index is 171. The molecule has 1 aromatic rings. The summed E-state index contributed by atoms with van der Waals surface area (Å²) in [7, 11) is 0. The summed E-state index contributed by atoms with van der Waals surface area (Å²) in [6.07, 6.45) is 3.68. The topological polar surface area (TPSA) is 50.9 Å². The van der Waals surface area contributed by atoms with Gasteiger partial charge in [-0.1, -0.05) is 0 Å². The summed E-state index contributed by atoms with van der Waals surface area (Å²) < 4.78 is 0. The predicted molar refractivity (Wildman–Crippen MR) is 36.3 cm³/mol. The van der Waals surface area contributed by atoms with Crippen molar-refractivity contribution >= 4 is 0 Å².